The van der Waals surface area contributed by atoms with E-state index in [-0.39, 0.29) is 18.0 Å². The lowest BCUT2D eigenvalue weighted by Crippen LogP contribution is -2.14. The number of hydrogen-bond donors (Lipinski definition) is 2. The van der Waals surface area contributed by atoms with Gasteiger partial charge >= 0.3 is 0 Å². The van der Waals surface area contributed by atoms with Crippen molar-refractivity contribution in [2.75, 3.05) is 11.9 Å². The van der Waals surface area contributed by atoms with Crippen LogP contribution in [-0.2, 0) is 4.79 Å². The van der Waals surface area contributed by atoms with E-state index in [1.165, 1.54) is 29.2 Å². The van der Waals surface area contributed by atoms with Gasteiger partial charge in [-0.2, -0.15) is 0 Å². The molecular weight excluding hydrogens is 251 g/mol. The molecule has 1 amide bonds. The monoisotopic (exact) mass is 264 g/mol. The molecule has 0 saturated heterocycles. The molecule has 0 unspecified atom stereocenters. The molecule has 2 rings (SSSR count). The molecule has 0 spiro atoms. The molecule has 100 valence electrons. The molecule has 0 fully saturated rings. The number of anilines is 1. The van der Waals surface area contributed by atoms with Crippen LogP contribution in [0.25, 0.3) is 5.69 Å². The molecule has 0 bridgehead atoms. The van der Waals surface area contributed by atoms with Gasteiger partial charge in [0.15, 0.2) is 0 Å². The van der Waals surface area contributed by atoms with Gasteiger partial charge in [-0.25, -0.2) is 9.07 Å². The number of rotatable bonds is 5. The van der Waals surface area contributed by atoms with E-state index in [1.807, 2.05) is 0 Å². The first-order valence-corrected chi connectivity index (χ1v) is 5.73. The number of aromatic nitrogens is 4. The van der Waals surface area contributed by atoms with Crippen LogP contribution in [-0.4, -0.2) is 32.7 Å². The van der Waals surface area contributed by atoms with Gasteiger partial charge in [-0.3, -0.25) is 4.79 Å². The largest absolute Gasteiger partial charge is 0.330 e. The van der Waals surface area contributed by atoms with Crippen LogP contribution in [0, 0.1) is 5.82 Å². The molecule has 0 radical (unpaired) electrons. The number of carbonyl (C=O) groups is 1. The van der Waals surface area contributed by atoms with Crippen molar-refractivity contribution >= 4 is 11.6 Å². The number of nitrogens with one attached hydrogen (secondary N) is 1. The zero-order valence-electron chi connectivity index (χ0n) is 10.1. The van der Waals surface area contributed by atoms with Crippen LogP contribution in [0.1, 0.15) is 12.8 Å². The van der Waals surface area contributed by atoms with Crippen molar-refractivity contribution in [2.24, 2.45) is 5.73 Å². The van der Waals surface area contributed by atoms with Crippen LogP contribution in [0.4, 0.5) is 10.1 Å². The minimum absolute atomic E-state index is 0.0926. The first-order valence-electron chi connectivity index (χ1n) is 5.73. The van der Waals surface area contributed by atoms with E-state index in [9.17, 15) is 9.18 Å². The van der Waals surface area contributed by atoms with Gasteiger partial charge in [-0.15, -0.1) is 5.10 Å². The fourth-order valence-corrected chi connectivity index (χ4v) is 1.51. The second-order valence-electron chi connectivity index (χ2n) is 3.86. The zero-order chi connectivity index (χ0) is 13.7. The highest BCUT2D eigenvalue weighted by atomic mass is 19.1. The summed E-state index contributed by atoms with van der Waals surface area (Å²) in [5.41, 5.74) is 5.96. The third kappa shape index (κ3) is 3.32. The molecule has 0 aliphatic carbocycles. The van der Waals surface area contributed by atoms with Crippen LogP contribution in [0.15, 0.2) is 24.5 Å². The van der Waals surface area contributed by atoms with Gasteiger partial charge < -0.3 is 11.1 Å². The van der Waals surface area contributed by atoms with Gasteiger partial charge in [0.2, 0.25) is 5.91 Å². The van der Waals surface area contributed by atoms with Gasteiger partial charge in [0.1, 0.15) is 12.1 Å². The summed E-state index contributed by atoms with van der Waals surface area (Å²) in [5.74, 6) is -0.795. The Labute approximate surface area is 108 Å². The van der Waals surface area contributed by atoms with E-state index in [0.717, 1.165) is 0 Å². The maximum atomic E-state index is 13.6. The molecule has 1 aromatic carbocycles. The number of benzene rings is 1. The van der Waals surface area contributed by atoms with Gasteiger partial charge in [0.25, 0.3) is 0 Å². The average molecular weight is 264 g/mol. The van der Waals surface area contributed by atoms with Crippen LogP contribution in [0.3, 0.4) is 0 Å². The summed E-state index contributed by atoms with van der Waals surface area (Å²) in [6, 6.07) is 4.23. The maximum absolute atomic E-state index is 13.6. The first-order chi connectivity index (χ1) is 9.20. The predicted molar refractivity (Wildman–Crippen MR) is 66.0 cm³/mol. The van der Waals surface area contributed by atoms with Crippen molar-refractivity contribution in [2.45, 2.75) is 12.8 Å². The highest BCUT2D eigenvalue weighted by Crippen LogP contribution is 2.18. The molecular formula is C11H13FN6O. The average Bonchev–Trinajstić information content (AvgIpc) is 2.93. The van der Waals surface area contributed by atoms with Crippen LogP contribution < -0.4 is 11.1 Å². The Bertz CT molecular complexity index is 556. The van der Waals surface area contributed by atoms with Crippen LogP contribution >= 0.6 is 0 Å². The molecule has 7 nitrogen and oxygen atoms in total. The van der Waals surface area contributed by atoms with Crippen molar-refractivity contribution < 1.29 is 9.18 Å². The summed E-state index contributed by atoms with van der Waals surface area (Å²) in [4.78, 5) is 11.5. The van der Waals surface area contributed by atoms with E-state index in [2.05, 4.69) is 20.8 Å². The summed E-state index contributed by atoms with van der Waals surface area (Å²) in [6.07, 6.45) is 2.19. The molecule has 0 aliphatic heterocycles. The predicted octanol–water partition coefficient (Wildman–Crippen LogP) is 0.479. The quantitative estimate of drug-likeness (QED) is 0.818. The fourth-order valence-electron chi connectivity index (χ4n) is 1.51. The van der Waals surface area contributed by atoms with Crippen molar-refractivity contribution in [1.29, 1.82) is 0 Å². The van der Waals surface area contributed by atoms with Gasteiger partial charge in [0, 0.05) is 6.42 Å². The Balaban J connectivity index is 2.16. The van der Waals surface area contributed by atoms with E-state index < -0.39 is 5.82 Å². The smallest absolute Gasteiger partial charge is 0.224 e. The van der Waals surface area contributed by atoms with Gasteiger partial charge in [-0.05, 0) is 41.6 Å². The van der Waals surface area contributed by atoms with Crippen molar-refractivity contribution in [1.82, 2.24) is 20.2 Å². The lowest BCUT2D eigenvalue weighted by atomic mass is 10.2. The third-order valence-electron chi connectivity index (χ3n) is 2.45. The Morgan fingerprint density at radius 3 is 3.00 bits per heavy atom. The van der Waals surface area contributed by atoms with E-state index in [4.69, 9.17) is 5.73 Å². The molecule has 3 N–H and O–H groups in total. The maximum Gasteiger partial charge on any atom is 0.224 e. The van der Waals surface area contributed by atoms with Crippen LogP contribution in [0.2, 0.25) is 0 Å². The molecule has 8 heteroatoms. The Morgan fingerprint density at radius 1 is 1.47 bits per heavy atom. The van der Waals surface area contributed by atoms with Crippen molar-refractivity contribution in [3.05, 3.63) is 30.3 Å². The molecule has 0 saturated carbocycles. The molecule has 0 aliphatic rings. The second-order valence-corrected chi connectivity index (χ2v) is 3.86. The highest BCUT2D eigenvalue weighted by molar-refractivity contribution is 5.91. The highest BCUT2D eigenvalue weighted by Gasteiger charge is 2.09. The number of nitrogens with zero attached hydrogens (tertiary/aromatic N) is 4. The van der Waals surface area contributed by atoms with Gasteiger partial charge in [0.05, 0.1) is 11.4 Å². The summed E-state index contributed by atoms with van der Waals surface area (Å²) in [5, 5.41) is 13.2. The minimum atomic E-state index is -0.516. The third-order valence-corrected chi connectivity index (χ3v) is 2.45. The Kier molecular flexibility index (Phi) is 4.14. The first kappa shape index (κ1) is 13.1. The topological polar surface area (TPSA) is 98.7 Å². The number of nitrogens with two attached hydrogens (primary N) is 1. The SMILES string of the molecule is NCCCC(=O)Nc1cc(-n2cnnn2)ccc1F. The number of amides is 1. The number of carbonyl (C=O) groups excluding carboxylic acids is 1. The summed E-state index contributed by atoms with van der Waals surface area (Å²) < 4.78 is 15.0. The van der Waals surface area contributed by atoms with Gasteiger partial charge in [-0.1, -0.05) is 0 Å². The van der Waals surface area contributed by atoms with E-state index >= 15 is 0 Å². The molecule has 19 heavy (non-hydrogen) atoms. The second kappa shape index (κ2) is 6.01. The minimum Gasteiger partial charge on any atom is -0.330 e. The Morgan fingerprint density at radius 2 is 2.32 bits per heavy atom. The molecule has 1 heterocycles. The Hall–Kier alpha value is -2.35. The lowest BCUT2D eigenvalue weighted by molar-refractivity contribution is -0.116. The molecule has 2 aromatic rings. The van der Waals surface area contributed by atoms with Crippen molar-refractivity contribution in [3.8, 4) is 5.69 Å². The van der Waals surface area contributed by atoms with E-state index in [0.29, 0.717) is 18.7 Å². The van der Waals surface area contributed by atoms with Crippen LogP contribution in [0.5, 0.6) is 0 Å². The number of halogens is 1. The zero-order valence-corrected chi connectivity index (χ0v) is 10.1. The van der Waals surface area contributed by atoms with Crippen molar-refractivity contribution in [3.63, 3.8) is 0 Å². The number of hydrogen-bond acceptors (Lipinski definition) is 5. The number of tetrazole rings is 1. The lowest BCUT2D eigenvalue weighted by Gasteiger charge is -2.08. The normalized spacial score (nSPS) is 10.4. The molecule has 1 aromatic heterocycles. The fraction of sp³-hybridized carbons (Fsp3) is 0.273. The molecule has 0 atom stereocenters. The van der Waals surface area contributed by atoms with E-state index in [1.54, 1.807) is 0 Å². The summed E-state index contributed by atoms with van der Waals surface area (Å²) in [6.45, 7) is 0.417. The summed E-state index contributed by atoms with van der Waals surface area (Å²) in [7, 11) is 0. The standard InChI is InChI=1S/C11H13FN6O/c12-9-4-3-8(18-7-14-16-17-18)6-10(9)15-11(19)2-1-5-13/h3-4,6-7H,1-2,5,13H2,(H,15,19). The summed E-state index contributed by atoms with van der Waals surface area (Å²) >= 11 is 0.